The first-order chi connectivity index (χ1) is 12.9. The zero-order chi connectivity index (χ0) is 19.4. The minimum Gasteiger partial charge on any atom is -0.455 e. The first-order valence-electron chi connectivity index (χ1n) is 8.73. The first-order valence-corrected chi connectivity index (χ1v) is 8.73. The van der Waals surface area contributed by atoms with E-state index in [1.165, 1.54) is 23.3 Å². The second-order valence-electron chi connectivity index (χ2n) is 6.60. The summed E-state index contributed by atoms with van der Waals surface area (Å²) in [5.74, 6) is -1.03. The van der Waals surface area contributed by atoms with E-state index in [1.807, 2.05) is 18.2 Å². The third-order valence-corrected chi connectivity index (χ3v) is 4.58. The van der Waals surface area contributed by atoms with Crippen molar-refractivity contribution in [2.24, 2.45) is 0 Å². The zero-order valence-corrected chi connectivity index (χ0v) is 15.0. The molecule has 0 atom stereocenters. The molecule has 0 saturated carbocycles. The van der Waals surface area contributed by atoms with Crippen molar-refractivity contribution in [3.63, 3.8) is 0 Å². The molecule has 1 amide bonds. The molecule has 7 heteroatoms. The van der Waals surface area contributed by atoms with Gasteiger partial charge in [0.05, 0.1) is 17.0 Å². The third kappa shape index (κ3) is 4.69. The van der Waals surface area contributed by atoms with E-state index in [0.717, 1.165) is 24.8 Å². The van der Waals surface area contributed by atoms with Gasteiger partial charge in [0.15, 0.2) is 6.61 Å². The predicted molar refractivity (Wildman–Crippen MR) is 99.6 cm³/mol. The molecule has 7 nitrogen and oxygen atoms in total. The van der Waals surface area contributed by atoms with Crippen molar-refractivity contribution < 1.29 is 19.2 Å². The maximum absolute atomic E-state index is 12.0. The Hall–Kier alpha value is -3.22. The molecule has 2 aromatic carbocycles. The summed E-state index contributed by atoms with van der Waals surface area (Å²) in [5.41, 5.74) is 4.36. The molecule has 0 fully saturated rings. The van der Waals surface area contributed by atoms with Gasteiger partial charge in [-0.2, -0.15) is 0 Å². The van der Waals surface area contributed by atoms with Gasteiger partial charge < -0.3 is 10.1 Å². The highest BCUT2D eigenvalue weighted by atomic mass is 16.6. The molecule has 0 radical (unpaired) electrons. The highest BCUT2D eigenvalue weighted by Crippen LogP contribution is 2.23. The van der Waals surface area contributed by atoms with Crippen LogP contribution in [0.2, 0.25) is 0 Å². The molecule has 1 aliphatic rings. The van der Waals surface area contributed by atoms with Crippen molar-refractivity contribution in [3.8, 4) is 0 Å². The molecule has 0 saturated heterocycles. The molecule has 0 unspecified atom stereocenters. The number of esters is 1. The zero-order valence-electron chi connectivity index (χ0n) is 15.0. The Morgan fingerprint density at radius 3 is 2.70 bits per heavy atom. The molecule has 0 heterocycles. The van der Waals surface area contributed by atoms with Crippen molar-refractivity contribution in [2.45, 2.75) is 32.6 Å². The normalized spacial score (nSPS) is 12.3. The molecule has 140 valence electrons. The topological polar surface area (TPSA) is 98.5 Å². The van der Waals surface area contributed by atoms with Crippen molar-refractivity contribution >= 4 is 23.3 Å². The number of nitro benzene ring substituents is 1. The molecule has 0 bridgehead atoms. The number of hydrogen-bond donors (Lipinski definition) is 1. The van der Waals surface area contributed by atoms with Crippen LogP contribution in [0, 0.1) is 17.0 Å². The third-order valence-electron chi connectivity index (χ3n) is 4.58. The molecule has 1 aliphatic carbocycles. The Bertz CT molecular complexity index is 907. The van der Waals surface area contributed by atoms with E-state index >= 15 is 0 Å². The van der Waals surface area contributed by atoms with Crippen molar-refractivity contribution in [3.05, 3.63) is 68.8 Å². The fourth-order valence-electron chi connectivity index (χ4n) is 3.14. The van der Waals surface area contributed by atoms with Crippen molar-refractivity contribution in [2.75, 3.05) is 11.9 Å². The summed E-state index contributed by atoms with van der Waals surface area (Å²) in [6.07, 6.45) is 3.36. The molecule has 1 N–H and O–H groups in total. The number of rotatable bonds is 6. The fourth-order valence-corrected chi connectivity index (χ4v) is 3.14. The largest absolute Gasteiger partial charge is 0.455 e. The van der Waals surface area contributed by atoms with Gasteiger partial charge in [-0.15, -0.1) is 0 Å². The highest BCUT2D eigenvalue weighted by molar-refractivity contribution is 5.93. The molecular formula is C20H20N2O5. The Morgan fingerprint density at radius 1 is 1.15 bits per heavy atom. The van der Waals surface area contributed by atoms with Gasteiger partial charge in [0.1, 0.15) is 0 Å². The number of carbonyl (C=O) groups is 2. The summed E-state index contributed by atoms with van der Waals surface area (Å²) in [6, 6.07) is 10.2. The molecule has 2 aromatic rings. The van der Waals surface area contributed by atoms with E-state index in [-0.39, 0.29) is 12.1 Å². The van der Waals surface area contributed by atoms with Crippen LogP contribution in [-0.4, -0.2) is 23.4 Å². The maximum atomic E-state index is 12.0. The fraction of sp³-hybridized carbons (Fsp3) is 0.300. The van der Waals surface area contributed by atoms with Crippen LogP contribution >= 0.6 is 0 Å². The van der Waals surface area contributed by atoms with E-state index < -0.39 is 23.4 Å². The van der Waals surface area contributed by atoms with Crippen LogP contribution in [0.4, 0.5) is 11.4 Å². The number of non-ortho nitro benzene ring substituents is 1. The number of nitrogens with one attached hydrogen (secondary N) is 1. The van der Waals surface area contributed by atoms with Gasteiger partial charge >= 0.3 is 5.97 Å². The molecule has 3 rings (SSSR count). The first kappa shape index (κ1) is 18.6. The number of ether oxygens (including phenoxy) is 1. The summed E-state index contributed by atoms with van der Waals surface area (Å²) in [6.45, 7) is 1.28. The maximum Gasteiger partial charge on any atom is 0.310 e. The average molecular weight is 368 g/mol. The Morgan fingerprint density at radius 2 is 1.93 bits per heavy atom. The minimum atomic E-state index is -0.541. The van der Waals surface area contributed by atoms with E-state index in [4.69, 9.17) is 4.74 Å². The van der Waals surface area contributed by atoms with Crippen LogP contribution in [-0.2, 0) is 33.6 Å². The lowest BCUT2D eigenvalue weighted by Gasteiger charge is -2.09. The SMILES string of the molecule is Cc1ccc([N+](=O)[O-])cc1NC(=O)COC(=O)Cc1ccc2c(c1)CCC2. The van der Waals surface area contributed by atoms with Gasteiger partial charge in [-0.1, -0.05) is 24.3 Å². The number of nitro groups is 1. The van der Waals surface area contributed by atoms with Gasteiger partial charge in [-0.3, -0.25) is 19.7 Å². The van der Waals surface area contributed by atoms with Crippen LogP contribution in [0.25, 0.3) is 0 Å². The van der Waals surface area contributed by atoms with E-state index in [9.17, 15) is 19.7 Å². The standard InChI is InChI=1S/C20H20N2O5/c1-13-5-8-17(22(25)26)11-18(13)21-19(23)12-27-20(24)10-14-6-7-15-3-2-4-16(15)9-14/h5-9,11H,2-4,10,12H2,1H3,(H,21,23). The van der Waals surface area contributed by atoms with Crippen LogP contribution in [0.5, 0.6) is 0 Å². The van der Waals surface area contributed by atoms with Gasteiger partial charge in [0.25, 0.3) is 11.6 Å². The van der Waals surface area contributed by atoms with Crippen LogP contribution < -0.4 is 5.32 Å². The van der Waals surface area contributed by atoms with E-state index in [2.05, 4.69) is 5.32 Å². The summed E-state index contributed by atoms with van der Waals surface area (Å²) < 4.78 is 5.03. The number of benzene rings is 2. The summed E-state index contributed by atoms with van der Waals surface area (Å²) >= 11 is 0. The number of amides is 1. The Balaban J connectivity index is 1.52. The van der Waals surface area contributed by atoms with Crippen LogP contribution in [0.15, 0.2) is 36.4 Å². The predicted octanol–water partition coefficient (Wildman–Crippen LogP) is 3.12. The quantitative estimate of drug-likeness (QED) is 0.480. The van der Waals surface area contributed by atoms with Gasteiger partial charge in [-0.05, 0) is 48.4 Å². The lowest BCUT2D eigenvalue weighted by molar-refractivity contribution is -0.384. The summed E-state index contributed by atoms with van der Waals surface area (Å²) in [7, 11) is 0. The van der Waals surface area contributed by atoms with Crippen molar-refractivity contribution in [1.82, 2.24) is 0 Å². The number of fused-ring (bicyclic) bond motifs is 1. The van der Waals surface area contributed by atoms with Crippen LogP contribution in [0.3, 0.4) is 0 Å². The van der Waals surface area contributed by atoms with Crippen LogP contribution in [0.1, 0.15) is 28.7 Å². The number of nitrogens with zero attached hydrogens (tertiary/aromatic N) is 1. The summed E-state index contributed by atoms with van der Waals surface area (Å²) in [4.78, 5) is 34.3. The second kappa shape index (κ2) is 7.99. The molecule has 0 aromatic heterocycles. The average Bonchev–Trinajstić information content (AvgIpc) is 3.09. The Labute approximate surface area is 156 Å². The van der Waals surface area contributed by atoms with Crippen molar-refractivity contribution in [1.29, 1.82) is 0 Å². The number of anilines is 1. The molecule has 0 aliphatic heterocycles. The smallest absolute Gasteiger partial charge is 0.310 e. The lowest BCUT2D eigenvalue weighted by Crippen LogP contribution is -2.22. The highest BCUT2D eigenvalue weighted by Gasteiger charge is 2.15. The van der Waals surface area contributed by atoms with E-state index in [0.29, 0.717) is 11.3 Å². The van der Waals surface area contributed by atoms with Gasteiger partial charge in [0.2, 0.25) is 0 Å². The minimum absolute atomic E-state index is 0.108. The molecule has 27 heavy (non-hydrogen) atoms. The lowest BCUT2D eigenvalue weighted by atomic mass is 10.0. The Kier molecular flexibility index (Phi) is 5.49. The molecular weight excluding hydrogens is 348 g/mol. The van der Waals surface area contributed by atoms with Gasteiger partial charge in [0, 0.05) is 12.1 Å². The number of aryl methyl sites for hydroxylation is 3. The van der Waals surface area contributed by atoms with Gasteiger partial charge in [-0.25, -0.2) is 0 Å². The number of carbonyl (C=O) groups excluding carboxylic acids is 2. The van der Waals surface area contributed by atoms with E-state index in [1.54, 1.807) is 13.0 Å². The number of hydrogen-bond acceptors (Lipinski definition) is 5. The monoisotopic (exact) mass is 368 g/mol. The molecule has 0 spiro atoms. The second-order valence-corrected chi connectivity index (χ2v) is 6.60. The summed E-state index contributed by atoms with van der Waals surface area (Å²) in [5, 5.41) is 13.4.